The molecule has 0 saturated carbocycles. The zero-order valence-corrected chi connectivity index (χ0v) is 72.4. The molecule has 0 fully saturated rings. The fourth-order valence-electron chi connectivity index (χ4n) is 17.8. The van der Waals surface area contributed by atoms with Crippen LogP contribution in [0.5, 0.6) is 0 Å². The average molecular weight is 2110 g/mol. The van der Waals surface area contributed by atoms with Gasteiger partial charge in [0.05, 0.1) is 50.1 Å². The summed E-state index contributed by atoms with van der Waals surface area (Å²) in [6.07, 6.45) is -24.1. The fraction of sp³-hybridized carbons (Fsp3) is 0.125. The van der Waals surface area contributed by atoms with E-state index in [1.165, 1.54) is 36.4 Å². The Hall–Kier alpha value is -19.7. The lowest BCUT2D eigenvalue weighted by atomic mass is 9.85. The van der Waals surface area contributed by atoms with Gasteiger partial charge in [-0.25, -0.2) is 96.6 Å². The van der Waals surface area contributed by atoms with Crippen molar-refractivity contribution in [3.05, 3.63) is 364 Å². The van der Waals surface area contributed by atoms with Gasteiger partial charge in [-0.15, -0.1) is 39.5 Å². The minimum atomic E-state index is -5.84. The van der Waals surface area contributed by atoms with Crippen molar-refractivity contribution in [1.29, 1.82) is 42.1 Å². The molecule has 150 heavy (non-hydrogen) atoms. The number of hydrogen-bond acceptors (Lipinski definition) is 13. The molecule has 0 saturated heterocycles. The van der Waals surface area contributed by atoms with E-state index >= 15 is 70.2 Å². The molecule has 6 aliphatic rings. The number of rotatable bonds is 9. The summed E-state index contributed by atoms with van der Waals surface area (Å²) in [5, 5.41) is 69.3. The van der Waals surface area contributed by atoms with Crippen LogP contribution < -0.4 is 31.3 Å². The second-order valence-electron chi connectivity index (χ2n) is 30.8. The maximum absolute atomic E-state index is 15.9. The van der Waals surface area contributed by atoms with Crippen molar-refractivity contribution in [1.82, 2.24) is 9.97 Å². The Morgan fingerprint density at radius 1 is 0.233 bits per heavy atom. The molecule has 6 aliphatic carbocycles. The fourth-order valence-corrected chi connectivity index (χ4v) is 17.8. The summed E-state index contributed by atoms with van der Waals surface area (Å²) < 4.78 is 531. The van der Waals surface area contributed by atoms with Gasteiger partial charge in [0.15, 0.2) is 116 Å². The molecule has 748 valence electrons. The molecule has 2 heterocycles. The number of benzene rings is 7. The highest BCUT2D eigenvalue weighted by atomic mass is 19.4. The number of halogens is 35. The number of fused-ring (bicyclic) bond motifs is 6. The number of allylic oxidation sites excluding steroid dienone is 6. The molecule has 0 unspecified atom stereocenters. The van der Waals surface area contributed by atoms with Crippen molar-refractivity contribution in [3.63, 3.8) is 0 Å². The molecule has 0 bridgehead atoms. The van der Waals surface area contributed by atoms with E-state index in [1.54, 1.807) is 0 Å². The maximum Gasteiger partial charge on any atom is 0.573 e. The second-order valence-corrected chi connectivity index (χ2v) is 30.8. The van der Waals surface area contributed by atoms with E-state index in [1.807, 2.05) is 0 Å². The van der Waals surface area contributed by atoms with Crippen molar-refractivity contribution in [2.45, 2.75) is 78.4 Å². The standard InChI is InChI=1S/C34H7F11N6O.C32H7F13N4O.C30H7F11N6O/c1-10-12(33(50-2)51-3)4-14-18(10)19(22-28(39)24(35)16(8-48)25(36)29(22)40)15-5-13(11(6-46)7-47)32(52-34(43,44)45)21(15)20(14)23-30(41)26(37)17(9-49)27(38)31(23)42;1-8-10(31(48-2)49-3)4-12-14(8)15(18-20(33)24(37)28(41)25(38)21(18)34)13-5-11(9(6-46)7-47)30(50-32(43,44)45)17(13)16(12)19-22(35)26(39)29(42)27(40)23(19)36;1-8-10(29(44-2)45-3)4-12-14(8)15(18-20(31)25(35)46-26(36)21(18)32)13-5-11(9(6-42)7-43)24(48-30(39,40)41)17(13)16(12)19-22(33)27(37)47-28(38)23(19)34/h4-5H2,1H3;4-5H2,1H3;4-5H2,1H3. The number of nitriles is 8. The summed E-state index contributed by atoms with van der Waals surface area (Å²) in [6, 6.07) is 9.17. The number of hydrogen-bond donors (Lipinski definition) is 0. The first-order valence-electron chi connectivity index (χ1n) is 39.4. The zero-order valence-electron chi connectivity index (χ0n) is 72.4. The molecule has 15 rings (SSSR count). The maximum atomic E-state index is 15.9. The quantitative estimate of drug-likeness (QED) is 0.0325. The molecule has 7 aromatic carbocycles. The van der Waals surface area contributed by atoms with E-state index in [0.29, 0.717) is 0 Å². The van der Waals surface area contributed by atoms with Crippen molar-refractivity contribution < 1.29 is 168 Å². The Kier molecular flexibility index (Phi) is 28.1. The van der Waals surface area contributed by atoms with Crippen LogP contribution in [0.1, 0.15) is 65.3 Å². The van der Waals surface area contributed by atoms with Gasteiger partial charge in [0.1, 0.15) is 133 Å². The van der Waals surface area contributed by atoms with Crippen LogP contribution in [-0.4, -0.2) is 29.1 Å². The van der Waals surface area contributed by atoms with Gasteiger partial charge in [-0.3, -0.25) is 0 Å². The lowest BCUT2D eigenvalue weighted by Crippen LogP contribution is -2.28. The minimum Gasteiger partial charge on any atom is -0.405 e. The first-order valence-corrected chi connectivity index (χ1v) is 39.4. The Labute approximate surface area is 808 Å². The summed E-state index contributed by atoms with van der Waals surface area (Å²) >= 11 is 0. The SMILES string of the molecule is [C-]#[N+]C([N+]#[C-])=C1Cc2c(-c3c(F)c(F)c(C#N)c(F)c3F)c3c(c(-c4c(F)c(F)c(C#N)c(F)c4F)c2=C1C)CC(=C(C#N)C#N)C=3OC(F)(F)F.[C-]#[N+]C([N+]#[C-])=C1Cc2c(-c3c(F)c(F)c(F)c(F)c3F)c3c(c(-c4c(F)c(F)c(F)c(F)c4F)c2=C1C)CC(=C(C#N)C#N)C=3OC(F)(F)F.[C-]#[N+]C([N+]#[C-])=C1Cc2c(-c3c(F)c(F)nc(F)c3F)c3c(c(-c4c(F)c(F)nc(F)c4F)c2=C1C)CC(=C(C#N)C#N)C=3OC(F)(F)F. The molecule has 0 radical (unpaired) electrons. The third-order valence-corrected chi connectivity index (χ3v) is 23.6. The van der Waals surface area contributed by atoms with Gasteiger partial charge >= 0.3 is 36.5 Å². The Morgan fingerprint density at radius 2 is 0.393 bits per heavy atom. The van der Waals surface area contributed by atoms with E-state index in [-0.39, 0.29) is 11.1 Å². The predicted molar refractivity (Wildman–Crippen MR) is 430 cm³/mol. The summed E-state index contributed by atoms with van der Waals surface area (Å²) in [5.41, 5.74) is -36.5. The lowest BCUT2D eigenvalue weighted by molar-refractivity contribution is -0.291. The van der Waals surface area contributed by atoms with Crippen LogP contribution in [-0.2, 0) is 52.7 Å². The van der Waals surface area contributed by atoms with E-state index in [4.69, 9.17) is 50.0 Å². The topological polar surface area (TPSA) is 270 Å². The summed E-state index contributed by atoms with van der Waals surface area (Å²) in [7, 11) is 0. The van der Waals surface area contributed by atoms with Crippen LogP contribution in [0, 0.1) is 282 Å². The highest BCUT2D eigenvalue weighted by molar-refractivity contribution is 5.96. The zero-order chi connectivity index (χ0) is 112. The molecule has 0 aliphatic heterocycles. The van der Waals surface area contributed by atoms with Gasteiger partial charge in [0.2, 0.25) is 11.6 Å². The monoisotopic (exact) mass is 2110 g/mol. The highest BCUT2D eigenvalue weighted by Gasteiger charge is 2.50. The third-order valence-electron chi connectivity index (χ3n) is 23.6. The summed E-state index contributed by atoms with van der Waals surface area (Å²) in [5.74, 6) is -71.0. The molecule has 0 amide bonds. The Morgan fingerprint density at radius 3 is 0.567 bits per heavy atom. The van der Waals surface area contributed by atoms with Gasteiger partial charge in [-0.2, -0.15) is 98.7 Å². The number of pyridine rings is 2. The van der Waals surface area contributed by atoms with Crippen LogP contribution in [0.4, 0.5) is 154 Å². The average Bonchev–Trinajstić information content (AvgIpc) is 1.53. The van der Waals surface area contributed by atoms with E-state index in [9.17, 15) is 115 Å². The predicted octanol–water partition coefficient (Wildman–Crippen LogP) is 21.2. The van der Waals surface area contributed by atoms with Crippen LogP contribution in [0.25, 0.3) is 130 Å². The molecule has 9 aromatic rings. The van der Waals surface area contributed by atoms with Gasteiger partial charge in [-0.1, -0.05) is 0 Å². The van der Waals surface area contributed by atoms with Crippen LogP contribution in [0.2, 0.25) is 0 Å². The van der Waals surface area contributed by atoms with E-state index in [2.05, 4.69) is 53.2 Å². The van der Waals surface area contributed by atoms with Crippen LogP contribution in [0.15, 0.2) is 67.6 Å². The minimum absolute atomic E-state index is 0.338. The van der Waals surface area contributed by atoms with Crippen LogP contribution >= 0.6 is 0 Å². The largest absolute Gasteiger partial charge is 0.573 e. The normalized spacial score (nSPS) is 13.3. The number of aromatic nitrogens is 2. The highest BCUT2D eigenvalue weighted by Crippen LogP contribution is 2.51. The Balaban J connectivity index is 0.000000188. The van der Waals surface area contributed by atoms with E-state index in [0.717, 1.165) is 32.9 Å². The van der Waals surface area contributed by atoms with Gasteiger partial charge < -0.3 is 14.2 Å². The summed E-state index contributed by atoms with van der Waals surface area (Å²) in [4.78, 5) is 22.7. The molecule has 19 nitrogen and oxygen atoms in total. The van der Waals surface area contributed by atoms with Gasteiger partial charge in [-0.05, 0) is 122 Å². The molecular formula is C96H21F35N16O3. The number of alkyl halides is 9. The first-order chi connectivity index (χ1) is 70.3. The van der Waals surface area contributed by atoms with Crippen molar-refractivity contribution in [2.24, 2.45) is 0 Å². The number of nitrogens with zero attached hydrogens (tertiary/aromatic N) is 16. The van der Waals surface area contributed by atoms with Gasteiger partial charge in [0, 0.05) is 68.3 Å². The van der Waals surface area contributed by atoms with Gasteiger partial charge in [0.25, 0.3) is 23.8 Å². The molecular weight excluding hydrogens is 2090 g/mol. The molecule has 54 heteroatoms. The molecule has 0 spiro atoms. The number of ether oxygens (including phenoxy) is 3. The van der Waals surface area contributed by atoms with Crippen molar-refractivity contribution in [3.8, 4) is 115 Å². The van der Waals surface area contributed by atoms with E-state index < -0.39 is 442 Å². The third kappa shape index (κ3) is 16.9. The van der Waals surface area contributed by atoms with Crippen molar-refractivity contribution in [2.75, 3.05) is 0 Å². The lowest BCUT2D eigenvalue weighted by Gasteiger charge is -2.19. The second kappa shape index (κ2) is 39.1. The molecule has 0 N–H and O–H groups in total. The molecule has 2 aromatic heterocycles. The first kappa shape index (κ1) is 108. The van der Waals surface area contributed by atoms with Crippen molar-refractivity contribution >= 4 is 34.0 Å². The summed E-state index contributed by atoms with van der Waals surface area (Å²) in [6.45, 7) is 47.2. The smallest absolute Gasteiger partial charge is 0.405 e. The molecule has 0 atom stereocenters. The van der Waals surface area contributed by atoms with Crippen LogP contribution in [0.3, 0.4) is 0 Å². The Bertz CT molecular complexity index is 9020.